The van der Waals surface area contributed by atoms with Crippen LogP contribution in [0, 0.1) is 0 Å². The van der Waals surface area contributed by atoms with Crippen LogP contribution in [0.5, 0.6) is 0 Å². The first kappa shape index (κ1) is 14.4. The van der Waals surface area contributed by atoms with E-state index in [0.717, 1.165) is 13.1 Å². The molecule has 0 saturated carbocycles. The van der Waals surface area contributed by atoms with Crippen LogP contribution >= 0.6 is 11.6 Å². The van der Waals surface area contributed by atoms with Crippen molar-refractivity contribution in [2.24, 2.45) is 0 Å². The molecule has 2 aromatic rings. The van der Waals surface area contributed by atoms with Gasteiger partial charge in [0.25, 0.3) is 0 Å². The van der Waals surface area contributed by atoms with E-state index < -0.39 is 0 Å². The molecule has 20 heavy (non-hydrogen) atoms. The van der Waals surface area contributed by atoms with E-state index in [-0.39, 0.29) is 5.28 Å². The topological polar surface area (TPSA) is 84.7 Å². The van der Waals surface area contributed by atoms with Gasteiger partial charge in [-0.3, -0.25) is 4.68 Å². The molecule has 0 radical (unpaired) electrons. The van der Waals surface area contributed by atoms with Gasteiger partial charge in [0.05, 0.1) is 12.7 Å². The van der Waals surface area contributed by atoms with Crippen molar-refractivity contribution in [3.8, 4) is 0 Å². The highest BCUT2D eigenvalue weighted by molar-refractivity contribution is 6.28. The zero-order valence-corrected chi connectivity index (χ0v) is 12.2. The molecule has 0 aliphatic carbocycles. The minimum atomic E-state index is 0.185. The standard InChI is InChI=1S/C11H17ClN8/c1-3-19(4-2)11-16-9(12)15-10(17-11)13-5-7-20-8-6-14-18-20/h6,8H,3-5,7H2,1-2H3,(H,13,15,16,17). The van der Waals surface area contributed by atoms with E-state index in [1.54, 1.807) is 17.1 Å². The third-order valence-corrected chi connectivity index (χ3v) is 2.91. The lowest BCUT2D eigenvalue weighted by molar-refractivity contribution is 0.607. The summed E-state index contributed by atoms with van der Waals surface area (Å²) in [4.78, 5) is 14.6. The third-order valence-electron chi connectivity index (χ3n) is 2.74. The fourth-order valence-electron chi connectivity index (χ4n) is 1.70. The molecule has 0 aromatic carbocycles. The van der Waals surface area contributed by atoms with Crippen molar-refractivity contribution in [2.45, 2.75) is 20.4 Å². The van der Waals surface area contributed by atoms with Crippen molar-refractivity contribution >= 4 is 23.5 Å². The predicted octanol–water partition coefficient (Wildman–Crippen LogP) is 1.07. The van der Waals surface area contributed by atoms with Gasteiger partial charge >= 0.3 is 0 Å². The average molecular weight is 297 g/mol. The van der Waals surface area contributed by atoms with Gasteiger partial charge in [-0.05, 0) is 25.4 Å². The Labute approximate surface area is 122 Å². The number of nitrogens with zero attached hydrogens (tertiary/aromatic N) is 7. The van der Waals surface area contributed by atoms with Gasteiger partial charge in [0.15, 0.2) is 0 Å². The lowest BCUT2D eigenvalue weighted by Crippen LogP contribution is -2.25. The number of halogens is 1. The first-order valence-corrected chi connectivity index (χ1v) is 6.85. The van der Waals surface area contributed by atoms with Crippen LogP contribution in [-0.2, 0) is 6.54 Å². The molecule has 0 fully saturated rings. The summed E-state index contributed by atoms with van der Waals surface area (Å²) in [5.74, 6) is 1.05. The van der Waals surface area contributed by atoms with E-state index >= 15 is 0 Å². The normalized spacial score (nSPS) is 10.6. The smallest absolute Gasteiger partial charge is 0.231 e. The zero-order valence-electron chi connectivity index (χ0n) is 11.5. The molecule has 2 aromatic heterocycles. The number of aromatic nitrogens is 6. The fraction of sp³-hybridized carbons (Fsp3) is 0.545. The molecule has 2 rings (SSSR count). The van der Waals surface area contributed by atoms with Crippen LogP contribution in [-0.4, -0.2) is 49.6 Å². The van der Waals surface area contributed by atoms with E-state index in [9.17, 15) is 0 Å². The SMILES string of the molecule is CCN(CC)c1nc(Cl)nc(NCCn2ccnn2)n1. The number of anilines is 2. The van der Waals surface area contributed by atoms with Crippen LogP contribution in [0.2, 0.25) is 5.28 Å². The van der Waals surface area contributed by atoms with Gasteiger partial charge < -0.3 is 10.2 Å². The number of hydrogen-bond donors (Lipinski definition) is 1. The number of hydrogen-bond acceptors (Lipinski definition) is 7. The molecule has 108 valence electrons. The molecule has 0 amide bonds. The maximum absolute atomic E-state index is 5.93. The second-order valence-corrected chi connectivity index (χ2v) is 4.33. The van der Waals surface area contributed by atoms with Gasteiger partial charge in [-0.15, -0.1) is 5.10 Å². The third kappa shape index (κ3) is 3.77. The summed E-state index contributed by atoms with van der Waals surface area (Å²) in [5.41, 5.74) is 0. The van der Waals surface area contributed by atoms with Gasteiger partial charge in [-0.2, -0.15) is 15.0 Å². The van der Waals surface area contributed by atoms with Gasteiger partial charge in [0.1, 0.15) is 0 Å². The Hall–Kier alpha value is -1.96. The van der Waals surface area contributed by atoms with Gasteiger partial charge in [0.2, 0.25) is 17.2 Å². The Kier molecular flexibility index (Phi) is 5.05. The van der Waals surface area contributed by atoms with Crippen molar-refractivity contribution in [1.29, 1.82) is 0 Å². The summed E-state index contributed by atoms with van der Waals surface area (Å²) < 4.78 is 1.72. The molecule has 0 bridgehead atoms. The van der Waals surface area contributed by atoms with Crippen LogP contribution in [0.25, 0.3) is 0 Å². The number of nitrogens with one attached hydrogen (secondary N) is 1. The Morgan fingerprint density at radius 1 is 1.25 bits per heavy atom. The molecule has 0 atom stereocenters. The monoisotopic (exact) mass is 296 g/mol. The minimum Gasteiger partial charge on any atom is -0.352 e. The minimum absolute atomic E-state index is 0.185. The quantitative estimate of drug-likeness (QED) is 0.818. The predicted molar refractivity (Wildman–Crippen MR) is 76.9 cm³/mol. The highest BCUT2D eigenvalue weighted by atomic mass is 35.5. The van der Waals surface area contributed by atoms with Crippen molar-refractivity contribution in [2.75, 3.05) is 29.9 Å². The first-order valence-electron chi connectivity index (χ1n) is 6.47. The summed E-state index contributed by atoms with van der Waals surface area (Å²) in [6, 6.07) is 0. The zero-order chi connectivity index (χ0) is 14.4. The Bertz CT molecular complexity index is 525. The van der Waals surface area contributed by atoms with E-state index in [1.807, 2.05) is 18.7 Å². The van der Waals surface area contributed by atoms with Crippen molar-refractivity contribution in [3.63, 3.8) is 0 Å². The highest BCUT2D eigenvalue weighted by Gasteiger charge is 2.09. The summed E-state index contributed by atoms with van der Waals surface area (Å²) in [6.45, 7) is 7.01. The molecule has 0 aliphatic heterocycles. The molecular weight excluding hydrogens is 280 g/mol. The van der Waals surface area contributed by atoms with Gasteiger partial charge in [-0.25, -0.2) is 0 Å². The van der Waals surface area contributed by atoms with Gasteiger partial charge in [-0.1, -0.05) is 5.21 Å². The Morgan fingerprint density at radius 2 is 2.05 bits per heavy atom. The van der Waals surface area contributed by atoms with Crippen molar-refractivity contribution in [3.05, 3.63) is 17.7 Å². The highest BCUT2D eigenvalue weighted by Crippen LogP contribution is 2.13. The van der Waals surface area contributed by atoms with E-state index in [1.165, 1.54) is 0 Å². The van der Waals surface area contributed by atoms with Crippen LogP contribution in [0.1, 0.15) is 13.8 Å². The molecule has 8 nitrogen and oxygen atoms in total. The van der Waals surface area contributed by atoms with E-state index in [4.69, 9.17) is 11.6 Å². The Balaban J connectivity index is 2.00. The van der Waals surface area contributed by atoms with Crippen LogP contribution in [0.4, 0.5) is 11.9 Å². The average Bonchev–Trinajstić information content (AvgIpc) is 2.93. The molecule has 0 aliphatic rings. The van der Waals surface area contributed by atoms with Crippen LogP contribution in [0.15, 0.2) is 12.4 Å². The summed E-state index contributed by atoms with van der Waals surface area (Å²) in [6.07, 6.45) is 3.43. The van der Waals surface area contributed by atoms with Crippen LogP contribution < -0.4 is 10.2 Å². The van der Waals surface area contributed by atoms with Crippen LogP contribution in [0.3, 0.4) is 0 Å². The lowest BCUT2D eigenvalue weighted by Gasteiger charge is -2.18. The molecule has 2 heterocycles. The molecule has 1 N–H and O–H groups in total. The molecule has 0 spiro atoms. The first-order chi connectivity index (χ1) is 9.72. The van der Waals surface area contributed by atoms with E-state index in [2.05, 4.69) is 30.6 Å². The molecule has 9 heteroatoms. The molecule has 0 unspecified atom stereocenters. The molecule has 0 saturated heterocycles. The Morgan fingerprint density at radius 3 is 2.70 bits per heavy atom. The van der Waals surface area contributed by atoms with Crippen molar-refractivity contribution in [1.82, 2.24) is 29.9 Å². The summed E-state index contributed by atoms with van der Waals surface area (Å²) in [7, 11) is 0. The maximum Gasteiger partial charge on any atom is 0.231 e. The van der Waals surface area contributed by atoms with E-state index in [0.29, 0.717) is 25.0 Å². The second kappa shape index (κ2) is 6.99. The lowest BCUT2D eigenvalue weighted by atomic mass is 10.5. The number of rotatable bonds is 7. The fourth-order valence-corrected chi connectivity index (χ4v) is 1.86. The van der Waals surface area contributed by atoms with Crippen molar-refractivity contribution < 1.29 is 0 Å². The van der Waals surface area contributed by atoms with Gasteiger partial charge in [0, 0.05) is 25.8 Å². The largest absolute Gasteiger partial charge is 0.352 e. The molecular formula is C11H17ClN8. The second-order valence-electron chi connectivity index (χ2n) is 3.99. The maximum atomic E-state index is 5.93. The summed E-state index contributed by atoms with van der Waals surface area (Å²) >= 11 is 5.93. The summed E-state index contributed by atoms with van der Waals surface area (Å²) in [5, 5.41) is 10.9.